The van der Waals surface area contributed by atoms with E-state index in [0.717, 1.165) is 17.8 Å². The van der Waals surface area contributed by atoms with Gasteiger partial charge in [0.05, 0.1) is 10.5 Å². The summed E-state index contributed by atoms with van der Waals surface area (Å²) < 4.78 is 13.6. The molecule has 0 N–H and O–H groups in total. The zero-order valence-corrected chi connectivity index (χ0v) is 10.4. The third kappa shape index (κ3) is 4.18. The number of thioether (sulfide) groups is 1. The molecule has 0 saturated carbocycles. The molecule has 0 radical (unpaired) electrons. The van der Waals surface area contributed by atoms with E-state index >= 15 is 0 Å². The van der Waals surface area contributed by atoms with Gasteiger partial charge in [-0.05, 0) is 6.07 Å². The van der Waals surface area contributed by atoms with E-state index < -0.39 is 16.4 Å². The summed E-state index contributed by atoms with van der Waals surface area (Å²) in [4.78, 5) is 20.3. The second kappa shape index (κ2) is 6.77. The lowest BCUT2D eigenvalue weighted by molar-refractivity contribution is -0.387. The largest absolute Gasteiger partial charge is 0.306 e. The Morgan fingerprint density at radius 3 is 2.89 bits per heavy atom. The fourth-order valence-corrected chi connectivity index (χ4v) is 1.65. The van der Waals surface area contributed by atoms with E-state index in [9.17, 15) is 19.3 Å². The molecule has 6 heteroatoms. The average molecular weight is 267 g/mol. The number of rotatable bonds is 3. The first kappa shape index (κ1) is 14.2. The Balaban J connectivity index is 2.74. The number of carbonyl (C=O) groups excluding carboxylic acids is 1. The topological polar surface area (TPSA) is 60.2 Å². The van der Waals surface area contributed by atoms with Crippen LogP contribution in [-0.4, -0.2) is 15.8 Å². The smallest absolute Gasteiger partial charge is 0.288 e. The summed E-state index contributed by atoms with van der Waals surface area (Å²) in [7, 11) is 0. The minimum atomic E-state index is -0.922. The molecule has 1 aromatic rings. The summed E-state index contributed by atoms with van der Waals surface area (Å²) in [5.74, 6) is 4.81. The predicted molar refractivity (Wildman–Crippen MR) is 67.7 cm³/mol. The molecule has 0 atom stereocenters. The lowest BCUT2D eigenvalue weighted by atomic mass is 10.2. The molecule has 0 fully saturated rings. The van der Waals surface area contributed by atoms with Gasteiger partial charge >= 0.3 is 5.69 Å². The van der Waals surface area contributed by atoms with E-state index in [1.165, 1.54) is 19.1 Å². The number of benzene rings is 1. The second-order valence-electron chi connectivity index (χ2n) is 3.29. The third-order valence-electron chi connectivity index (χ3n) is 1.93. The van der Waals surface area contributed by atoms with Gasteiger partial charge in [-0.15, -0.1) is 0 Å². The van der Waals surface area contributed by atoms with Crippen molar-refractivity contribution in [2.75, 3.05) is 5.75 Å². The van der Waals surface area contributed by atoms with Crippen LogP contribution in [0.4, 0.5) is 10.1 Å². The molecule has 0 heterocycles. The van der Waals surface area contributed by atoms with Crippen LogP contribution in [0.15, 0.2) is 18.2 Å². The second-order valence-corrected chi connectivity index (χ2v) is 4.56. The molecule has 0 aromatic heterocycles. The standard InChI is InChI=1S/C12H10FNO3S/c1-9(15)18-8-3-2-5-10-6-4-7-11(12(10)13)14(16)17/h4,6-7H,3,8H2,1H3. The summed E-state index contributed by atoms with van der Waals surface area (Å²) in [5, 5.41) is 10.5. The number of carbonyl (C=O) groups is 1. The number of hydrogen-bond donors (Lipinski definition) is 0. The Kier molecular flexibility index (Phi) is 5.33. The minimum absolute atomic E-state index is 0.00155. The molecule has 0 aliphatic carbocycles. The van der Waals surface area contributed by atoms with Crippen LogP contribution in [-0.2, 0) is 4.79 Å². The van der Waals surface area contributed by atoms with Gasteiger partial charge in [0, 0.05) is 25.2 Å². The van der Waals surface area contributed by atoms with Crippen LogP contribution in [0.3, 0.4) is 0 Å². The summed E-state index contributed by atoms with van der Waals surface area (Å²) in [6.45, 7) is 1.46. The van der Waals surface area contributed by atoms with Gasteiger partial charge in [0.1, 0.15) is 0 Å². The molecular formula is C12H10FNO3S. The number of halogens is 1. The van der Waals surface area contributed by atoms with Crippen LogP contribution in [0.25, 0.3) is 0 Å². The zero-order valence-electron chi connectivity index (χ0n) is 9.60. The molecule has 1 aromatic carbocycles. The van der Waals surface area contributed by atoms with E-state index in [0.29, 0.717) is 12.2 Å². The molecule has 0 spiro atoms. The van der Waals surface area contributed by atoms with Gasteiger partial charge in [0.2, 0.25) is 5.82 Å². The van der Waals surface area contributed by atoms with Crippen molar-refractivity contribution in [1.29, 1.82) is 0 Å². The molecule has 4 nitrogen and oxygen atoms in total. The Labute approximate surface area is 108 Å². The number of nitrogens with zero attached hydrogens (tertiary/aromatic N) is 1. The van der Waals surface area contributed by atoms with Crippen molar-refractivity contribution in [1.82, 2.24) is 0 Å². The molecule has 18 heavy (non-hydrogen) atoms. The number of hydrogen-bond acceptors (Lipinski definition) is 4. The van der Waals surface area contributed by atoms with Crippen molar-refractivity contribution in [3.63, 3.8) is 0 Å². The van der Waals surface area contributed by atoms with Crippen LogP contribution >= 0.6 is 11.8 Å². The van der Waals surface area contributed by atoms with Crippen LogP contribution in [0, 0.1) is 27.8 Å². The monoisotopic (exact) mass is 267 g/mol. The first-order valence-electron chi connectivity index (χ1n) is 5.07. The predicted octanol–water partition coefficient (Wildman–Crippen LogP) is 2.76. The van der Waals surface area contributed by atoms with Crippen LogP contribution in [0.5, 0.6) is 0 Å². The lowest BCUT2D eigenvalue weighted by Gasteiger charge is -1.95. The van der Waals surface area contributed by atoms with E-state index in [2.05, 4.69) is 11.8 Å². The third-order valence-corrected chi connectivity index (χ3v) is 2.75. The maximum atomic E-state index is 13.6. The molecule has 94 valence electrons. The fraction of sp³-hybridized carbons (Fsp3) is 0.250. The molecular weight excluding hydrogens is 257 g/mol. The van der Waals surface area contributed by atoms with Crippen molar-refractivity contribution in [2.45, 2.75) is 13.3 Å². The minimum Gasteiger partial charge on any atom is -0.288 e. The summed E-state index contributed by atoms with van der Waals surface area (Å²) >= 11 is 1.14. The van der Waals surface area contributed by atoms with E-state index in [4.69, 9.17) is 0 Å². The van der Waals surface area contributed by atoms with Gasteiger partial charge in [0.25, 0.3) is 0 Å². The normalized spacial score (nSPS) is 9.44. The van der Waals surface area contributed by atoms with Gasteiger partial charge in [-0.2, -0.15) is 4.39 Å². The molecule has 0 aliphatic rings. The van der Waals surface area contributed by atoms with Crippen molar-refractivity contribution in [2.24, 2.45) is 0 Å². The van der Waals surface area contributed by atoms with Crippen molar-refractivity contribution < 1.29 is 14.1 Å². The molecule has 0 amide bonds. The van der Waals surface area contributed by atoms with E-state index in [1.807, 2.05) is 0 Å². The quantitative estimate of drug-likeness (QED) is 0.365. The Morgan fingerprint density at radius 2 is 2.28 bits per heavy atom. The highest BCUT2D eigenvalue weighted by Gasteiger charge is 2.15. The first-order valence-corrected chi connectivity index (χ1v) is 6.06. The summed E-state index contributed by atoms with van der Waals surface area (Å²) in [6.07, 6.45) is 0.423. The zero-order chi connectivity index (χ0) is 13.5. The maximum absolute atomic E-state index is 13.6. The number of nitro benzene ring substituents is 1. The Hall–Kier alpha value is -1.87. The van der Waals surface area contributed by atoms with Crippen LogP contribution in [0.2, 0.25) is 0 Å². The molecule has 1 rings (SSSR count). The molecule has 0 unspecified atom stereocenters. The summed E-state index contributed by atoms with van der Waals surface area (Å²) in [5.41, 5.74) is -0.586. The highest BCUT2D eigenvalue weighted by molar-refractivity contribution is 8.13. The van der Waals surface area contributed by atoms with E-state index in [-0.39, 0.29) is 10.7 Å². The average Bonchev–Trinajstić information content (AvgIpc) is 2.30. The fourth-order valence-electron chi connectivity index (χ4n) is 1.16. The summed E-state index contributed by atoms with van der Waals surface area (Å²) in [6, 6.07) is 3.86. The highest BCUT2D eigenvalue weighted by Crippen LogP contribution is 2.19. The van der Waals surface area contributed by atoms with Gasteiger partial charge in [-0.1, -0.05) is 29.7 Å². The molecule has 0 saturated heterocycles. The number of nitro groups is 1. The SMILES string of the molecule is CC(=O)SCCC#Cc1cccc([N+](=O)[O-])c1F. The van der Waals surface area contributed by atoms with Gasteiger partial charge in [0.15, 0.2) is 5.12 Å². The van der Waals surface area contributed by atoms with Crippen molar-refractivity contribution in [3.05, 3.63) is 39.7 Å². The van der Waals surface area contributed by atoms with Crippen LogP contribution < -0.4 is 0 Å². The van der Waals surface area contributed by atoms with Gasteiger partial charge < -0.3 is 0 Å². The van der Waals surface area contributed by atoms with Crippen molar-refractivity contribution >= 4 is 22.6 Å². The van der Waals surface area contributed by atoms with Crippen LogP contribution in [0.1, 0.15) is 18.9 Å². The molecule has 0 bridgehead atoms. The maximum Gasteiger partial charge on any atom is 0.306 e. The Bertz CT molecular complexity index is 534. The highest BCUT2D eigenvalue weighted by atomic mass is 32.2. The van der Waals surface area contributed by atoms with Gasteiger partial charge in [-0.3, -0.25) is 14.9 Å². The first-order chi connectivity index (χ1) is 8.52. The van der Waals surface area contributed by atoms with Gasteiger partial charge in [-0.25, -0.2) is 0 Å². The Morgan fingerprint density at radius 1 is 1.56 bits per heavy atom. The van der Waals surface area contributed by atoms with E-state index in [1.54, 1.807) is 0 Å². The van der Waals surface area contributed by atoms with Crippen molar-refractivity contribution in [3.8, 4) is 11.8 Å². The lowest BCUT2D eigenvalue weighted by Crippen LogP contribution is -1.94. The molecule has 0 aliphatic heterocycles.